The number of benzene rings is 2. The van der Waals surface area contributed by atoms with Crippen LogP contribution in [0.5, 0.6) is 0 Å². The summed E-state index contributed by atoms with van der Waals surface area (Å²) < 4.78 is 5.27. The van der Waals surface area contributed by atoms with E-state index in [1.807, 2.05) is 12.1 Å². The van der Waals surface area contributed by atoms with Crippen LogP contribution in [0.15, 0.2) is 65.2 Å². The number of aromatic nitrogens is 1. The molecule has 0 atom stereocenters. The highest BCUT2D eigenvalue weighted by molar-refractivity contribution is 6.02. The van der Waals surface area contributed by atoms with E-state index in [1.54, 1.807) is 6.07 Å². The molecule has 2 aliphatic rings. The number of rotatable bonds is 7. The molecule has 1 saturated heterocycles. The average molecular weight is 417 g/mol. The lowest BCUT2D eigenvalue weighted by Gasteiger charge is -2.34. The number of nitrogens with zero attached hydrogens (tertiary/aromatic N) is 3. The Morgan fingerprint density at radius 3 is 2.13 bits per heavy atom. The van der Waals surface area contributed by atoms with Gasteiger partial charge in [0.25, 0.3) is 5.91 Å². The zero-order chi connectivity index (χ0) is 21.0. The van der Waals surface area contributed by atoms with Gasteiger partial charge in [-0.25, -0.2) is 0 Å². The van der Waals surface area contributed by atoms with Crippen LogP contribution < -0.4 is 5.32 Å². The fraction of sp³-hybridized carbons (Fsp3) is 0.360. The monoisotopic (exact) mass is 416 g/mol. The Balaban J connectivity index is 1.09. The topological polar surface area (TPSA) is 61.6 Å². The predicted octanol–water partition coefficient (Wildman–Crippen LogP) is 4.12. The molecular formula is C25H28N4O2. The summed E-state index contributed by atoms with van der Waals surface area (Å²) in [4.78, 5) is 17.4. The van der Waals surface area contributed by atoms with Crippen molar-refractivity contribution in [3.8, 4) is 0 Å². The minimum Gasteiger partial charge on any atom is -0.360 e. The molecule has 1 amide bonds. The van der Waals surface area contributed by atoms with Crippen LogP contribution in [0.3, 0.4) is 0 Å². The van der Waals surface area contributed by atoms with Crippen LogP contribution in [0.1, 0.15) is 46.1 Å². The Hall–Kier alpha value is -2.96. The van der Waals surface area contributed by atoms with Crippen molar-refractivity contribution in [2.75, 3.05) is 31.5 Å². The second-order valence-electron chi connectivity index (χ2n) is 8.58. The molecule has 0 spiro atoms. The van der Waals surface area contributed by atoms with E-state index in [4.69, 9.17) is 4.52 Å². The van der Waals surface area contributed by atoms with Crippen molar-refractivity contribution in [3.63, 3.8) is 0 Å². The Morgan fingerprint density at radius 2 is 1.52 bits per heavy atom. The molecule has 2 heterocycles. The first-order valence-electron chi connectivity index (χ1n) is 11.1. The van der Waals surface area contributed by atoms with Crippen molar-refractivity contribution < 1.29 is 9.32 Å². The predicted molar refractivity (Wildman–Crippen MR) is 120 cm³/mol. The Labute approximate surface area is 182 Å². The van der Waals surface area contributed by atoms with Crippen LogP contribution in [0.2, 0.25) is 0 Å². The molecule has 0 radical (unpaired) electrons. The standard InChI is InChI=1S/C25H28N4O2/c30-25(23-16-24(31-27-23)21-8-9-21)26-22-10-6-20(7-11-22)18-29-14-12-28(13-15-29)17-19-4-2-1-3-5-19/h1-7,10-11,16,21H,8-9,12-15,17-18H2,(H,26,30). The lowest BCUT2D eigenvalue weighted by Crippen LogP contribution is -2.45. The van der Waals surface area contributed by atoms with E-state index < -0.39 is 0 Å². The summed E-state index contributed by atoms with van der Waals surface area (Å²) in [5, 5.41) is 6.81. The van der Waals surface area contributed by atoms with Crippen molar-refractivity contribution in [3.05, 3.63) is 83.2 Å². The van der Waals surface area contributed by atoms with Crippen molar-refractivity contribution in [2.45, 2.75) is 31.8 Å². The van der Waals surface area contributed by atoms with Gasteiger partial charge >= 0.3 is 0 Å². The van der Waals surface area contributed by atoms with Crippen LogP contribution in [-0.4, -0.2) is 47.0 Å². The van der Waals surface area contributed by atoms with Crippen molar-refractivity contribution >= 4 is 11.6 Å². The molecule has 1 saturated carbocycles. The minimum absolute atomic E-state index is 0.224. The number of hydrogen-bond donors (Lipinski definition) is 1. The molecule has 6 nitrogen and oxygen atoms in total. The highest BCUT2D eigenvalue weighted by Gasteiger charge is 2.29. The van der Waals surface area contributed by atoms with Gasteiger partial charge in [0.2, 0.25) is 0 Å². The number of amides is 1. The number of hydrogen-bond acceptors (Lipinski definition) is 5. The third-order valence-corrected chi connectivity index (χ3v) is 6.07. The molecule has 1 aliphatic carbocycles. The van der Waals surface area contributed by atoms with E-state index in [2.05, 4.69) is 62.7 Å². The first kappa shape index (κ1) is 20.0. The van der Waals surface area contributed by atoms with Crippen molar-refractivity contribution in [1.29, 1.82) is 0 Å². The average Bonchev–Trinajstić information content (AvgIpc) is 3.53. The van der Waals surface area contributed by atoms with Gasteiger partial charge in [-0.1, -0.05) is 47.6 Å². The maximum absolute atomic E-state index is 12.4. The van der Waals surface area contributed by atoms with Crippen molar-refractivity contribution in [2.24, 2.45) is 0 Å². The van der Waals surface area contributed by atoms with E-state index in [0.29, 0.717) is 11.6 Å². The van der Waals surface area contributed by atoms with Crippen molar-refractivity contribution in [1.82, 2.24) is 15.0 Å². The Morgan fingerprint density at radius 1 is 0.903 bits per heavy atom. The normalized spacial score (nSPS) is 17.5. The summed E-state index contributed by atoms with van der Waals surface area (Å²) in [6.45, 7) is 6.27. The summed E-state index contributed by atoms with van der Waals surface area (Å²) in [5.74, 6) is 1.05. The molecule has 3 aromatic rings. The van der Waals surface area contributed by atoms with E-state index in [-0.39, 0.29) is 5.91 Å². The van der Waals surface area contributed by atoms with Gasteiger partial charge < -0.3 is 9.84 Å². The number of carbonyl (C=O) groups excluding carboxylic acids is 1. The lowest BCUT2D eigenvalue weighted by molar-refractivity contribution is 0.101. The smallest absolute Gasteiger partial charge is 0.277 e. The first-order valence-corrected chi connectivity index (χ1v) is 11.1. The first-order chi connectivity index (χ1) is 15.2. The highest BCUT2D eigenvalue weighted by atomic mass is 16.5. The van der Waals surface area contributed by atoms with E-state index in [1.165, 1.54) is 11.1 Å². The summed E-state index contributed by atoms with van der Waals surface area (Å²) >= 11 is 0. The zero-order valence-corrected chi connectivity index (χ0v) is 17.7. The molecular weight excluding hydrogens is 388 g/mol. The van der Waals surface area contributed by atoms with Gasteiger partial charge in [-0.05, 0) is 36.1 Å². The van der Waals surface area contributed by atoms with E-state index in [0.717, 1.165) is 63.6 Å². The highest BCUT2D eigenvalue weighted by Crippen LogP contribution is 2.40. The molecule has 31 heavy (non-hydrogen) atoms. The Bertz CT molecular complexity index is 1000. The molecule has 1 aromatic heterocycles. The van der Waals surface area contributed by atoms with Gasteiger partial charge in [0.1, 0.15) is 5.76 Å². The third kappa shape index (κ3) is 5.21. The second-order valence-corrected chi connectivity index (χ2v) is 8.58. The Kier molecular flexibility index (Phi) is 5.82. The number of nitrogens with one attached hydrogen (secondary N) is 1. The molecule has 2 fully saturated rings. The third-order valence-electron chi connectivity index (χ3n) is 6.07. The maximum atomic E-state index is 12.4. The SMILES string of the molecule is O=C(Nc1ccc(CN2CCN(Cc3ccccc3)CC2)cc1)c1cc(C2CC2)on1. The molecule has 2 aromatic carbocycles. The van der Waals surface area contributed by atoms with Gasteiger partial charge in [0.15, 0.2) is 5.69 Å². The van der Waals surface area contributed by atoms with Gasteiger partial charge in [-0.2, -0.15) is 0 Å². The fourth-order valence-electron chi connectivity index (χ4n) is 4.05. The maximum Gasteiger partial charge on any atom is 0.277 e. The van der Waals surface area contributed by atoms with Gasteiger partial charge in [-0.15, -0.1) is 0 Å². The number of anilines is 1. The van der Waals surface area contributed by atoms with E-state index >= 15 is 0 Å². The molecule has 1 aliphatic heterocycles. The molecule has 160 valence electrons. The summed E-state index contributed by atoms with van der Waals surface area (Å²) in [6.07, 6.45) is 2.25. The van der Waals surface area contributed by atoms with Crippen LogP contribution >= 0.6 is 0 Å². The number of carbonyl (C=O) groups is 1. The van der Waals surface area contributed by atoms with Gasteiger partial charge in [-0.3, -0.25) is 14.6 Å². The van der Waals surface area contributed by atoms with Crippen LogP contribution in [-0.2, 0) is 13.1 Å². The second kappa shape index (κ2) is 9.04. The van der Waals surface area contributed by atoms with Crippen LogP contribution in [0.4, 0.5) is 5.69 Å². The summed E-state index contributed by atoms with van der Waals surface area (Å²) in [7, 11) is 0. The molecule has 5 rings (SSSR count). The summed E-state index contributed by atoms with van der Waals surface area (Å²) in [5.41, 5.74) is 3.76. The number of piperazine rings is 1. The van der Waals surface area contributed by atoms with Crippen LogP contribution in [0.25, 0.3) is 0 Å². The molecule has 1 N–H and O–H groups in total. The van der Waals surface area contributed by atoms with Gasteiger partial charge in [0, 0.05) is 56.9 Å². The largest absolute Gasteiger partial charge is 0.360 e. The minimum atomic E-state index is -0.224. The van der Waals surface area contributed by atoms with E-state index in [9.17, 15) is 4.79 Å². The molecule has 6 heteroatoms. The molecule has 0 unspecified atom stereocenters. The molecule has 0 bridgehead atoms. The zero-order valence-electron chi connectivity index (χ0n) is 17.7. The summed E-state index contributed by atoms with van der Waals surface area (Å²) in [6, 6.07) is 20.5. The van der Waals surface area contributed by atoms with Crippen LogP contribution in [0, 0.1) is 0 Å². The lowest BCUT2D eigenvalue weighted by atomic mass is 10.1. The fourth-order valence-corrected chi connectivity index (χ4v) is 4.05. The van der Waals surface area contributed by atoms with Gasteiger partial charge in [0.05, 0.1) is 0 Å². The quantitative estimate of drug-likeness (QED) is 0.628.